The number of carbonyl (C=O) groups is 1. The number of primary amides is 1. The highest BCUT2D eigenvalue weighted by atomic mass is 16.5. The first-order valence-electron chi connectivity index (χ1n) is 5.68. The molecule has 4 heteroatoms. The van der Waals surface area contributed by atoms with E-state index in [1.807, 2.05) is 13.8 Å². The third kappa shape index (κ3) is 3.75. The predicted molar refractivity (Wildman–Crippen MR) is 68.5 cm³/mol. The highest BCUT2D eigenvalue weighted by molar-refractivity contribution is 5.93. The molecule has 0 saturated carbocycles. The van der Waals surface area contributed by atoms with Gasteiger partial charge in [0.15, 0.2) is 0 Å². The Hall–Kier alpha value is -1.55. The van der Waals surface area contributed by atoms with E-state index in [4.69, 9.17) is 16.2 Å². The van der Waals surface area contributed by atoms with Crippen molar-refractivity contribution in [3.8, 4) is 0 Å². The van der Waals surface area contributed by atoms with Crippen LogP contribution >= 0.6 is 0 Å². The number of amides is 1. The van der Waals surface area contributed by atoms with Crippen LogP contribution in [0.25, 0.3) is 0 Å². The fourth-order valence-corrected chi connectivity index (χ4v) is 1.25. The van der Waals surface area contributed by atoms with Gasteiger partial charge in [0.1, 0.15) is 0 Å². The van der Waals surface area contributed by atoms with E-state index in [1.54, 1.807) is 18.2 Å². The summed E-state index contributed by atoms with van der Waals surface area (Å²) in [6, 6.07) is 5.03. The molecular weight excluding hydrogens is 216 g/mol. The Bertz CT molecular complexity index is 414. The Morgan fingerprint density at radius 3 is 2.53 bits per heavy atom. The summed E-state index contributed by atoms with van der Waals surface area (Å²) in [5.41, 5.74) is 12.7. The maximum absolute atomic E-state index is 11.0. The van der Waals surface area contributed by atoms with Crippen molar-refractivity contribution >= 4 is 11.6 Å². The molecule has 1 amide bonds. The lowest BCUT2D eigenvalue weighted by atomic mass is 10.1. The van der Waals surface area contributed by atoms with Gasteiger partial charge in [0.2, 0.25) is 5.91 Å². The summed E-state index contributed by atoms with van der Waals surface area (Å²) in [5, 5.41) is 0. The second-order valence-electron chi connectivity index (χ2n) is 4.68. The summed E-state index contributed by atoms with van der Waals surface area (Å²) in [5.74, 6) is -0.474. The van der Waals surface area contributed by atoms with Crippen LogP contribution < -0.4 is 11.5 Å². The number of anilines is 1. The Morgan fingerprint density at radius 1 is 1.41 bits per heavy atom. The monoisotopic (exact) mass is 236 g/mol. The maximum Gasteiger partial charge on any atom is 0.248 e. The number of nitrogen functional groups attached to an aromatic ring is 1. The molecular formula is C13H20N2O2. The maximum atomic E-state index is 11.0. The summed E-state index contributed by atoms with van der Waals surface area (Å²) in [6.07, 6.45) is 0.923. The minimum Gasteiger partial charge on any atom is -0.398 e. The zero-order chi connectivity index (χ0) is 13.1. The van der Waals surface area contributed by atoms with Gasteiger partial charge in [0.25, 0.3) is 0 Å². The zero-order valence-electron chi connectivity index (χ0n) is 10.6. The Labute approximate surface area is 102 Å². The molecule has 1 rings (SSSR count). The number of rotatable bonds is 5. The standard InChI is InChI=1S/C13H20N2O2/c1-4-13(2,3)17-8-10-6-5-9(12(15)16)7-11(10)14/h5-7H,4,8,14H2,1-3H3,(H2,15,16). The molecule has 0 aliphatic heterocycles. The topological polar surface area (TPSA) is 78.3 Å². The minimum atomic E-state index is -0.474. The van der Waals surface area contributed by atoms with Gasteiger partial charge in [0, 0.05) is 16.8 Å². The molecule has 0 atom stereocenters. The first-order valence-corrected chi connectivity index (χ1v) is 5.68. The van der Waals surface area contributed by atoms with Crippen molar-refractivity contribution in [2.45, 2.75) is 39.4 Å². The average Bonchev–Trinajstić information content (AvgIpc) is 2.27. The molecule has 0 bridgehead atoms. The number of nitrogens with two attached hydrogens (primary N) is 2. The molecule has 0 unspecified atom stereocenters. The molecule has 94 valence electrons. The number of hydrogen-bond donors (Lipinski definition) is 2. The van der Waals surface area contributed by atoms with Crippen LogP contribution in [-0.4, -0.2) is 11.5 Å². The average molecular weight is 236 g/mol. The van der Waals surface area contributed by atoms with Crippen molar-refractivity contribution < 1.29 is 9.53 Å². The van der Waals surface area contributed by atoms with E-state index in [1.165, 1.54) is 0 Å². The first kappa shape index (κ1) is 13.5. The number of hydrogen-bond acceptors (Lipinski definition) is 3. The molecule has 0 saturated heterocycles. The number of carbonyl (C=O) groups excluding carboxylic acids is 1. The van der Waals surface area contributed by atoms with Crippen LogP contribution in [0, 0.1) is 0 Å². The van der Waals surface area contributed by atoms with Crippen LogP contribution in [0.4, 0.5) is 5.69 Å². The van der Waals surface area contributed by atoms with Crippen molar-refractivity contribution in [1.29, 1.82) is 0 Å². The molecule has 0 aliphatic carbocycles. The van der Waals surface area contributed by atoms with Crippen molar-refractivity contribution in [2.75, 3.05) is 5.73 Å². The highest BCUT2D eigenvalue weighted by Crippen LogP contribution is 2.20. The molecule has 4 nitrogen and oxygen atoms in total. The van der Waals surface area contributed by atoms with Crippen LogP contribution in [-0.2, 0) is 11.3 Å². The SMILES string of the molecule is CCC(C)(C)OCc1ccc(C(N)=O)cc1N. The minimum absolute atomic E-state index is 0.172. The molecule has 0 aliphatic rings. The van der Waals surface area contributed by atoms with Crippen molar-refractivity contribution in [2.24, 2.45) is 5.73 Å². The van der Waals surface area contributed by atoms with Crippen molar-refractivity contribution in [3.63, 3.8) is 0 Å². The van der Waals surface area contributed by atoms with Crippen molar-refractivity contribution in [1.82, 2.24) is 0 Å². The smallest absolute Gasteiger partial charge is 0.248 e. The van der Waals surface area contributed by atoms with E-state index >= 15 is 0 Å². The van der Waals surface area contributed by atoms with Gasteiger partial charge in [-0.2, -0.15) is 0 Å². The summed E-state index contributed by atoms with van der Waals surface area (Å²) in [6.45, 7) is 6.56. The highest BCUT2D eigenvalue weighted by Gasteiger charge is 2.16. The van der Waals surface area contributed by atoms with Crippen LogP contribution in [0.3, 0.4) is 0 Å². The van der Waals surface area contributed by atoms with Gasteiger partial charge in [-0.25, -0.2) is 0 Å². The third-order valence-electron chi connectivity index (χ3n) is 2.90. The second kappa shape index (κ2) is 5.19. The van der Waals surface area contributed by atoms with Crippen LogP contribution in [0.15, 0.2) is 18.2 Å². The van der Waals surface area contributed by atoms with Crippen LogP contribution in [0.1, 0.15) is 43.1 Å². The lowest BCUT2D eigenvalue weighted by Crippen LogP contribution is -2.23. The van der Waals surface area contributed by atoms with Crippen LogP contribution in [0.2, 0.25) is 0 Å². The molecule has 1 aromatic carbocycles. The molecule has 1 aromatic rings. The van der Waals surface area contributed by atoms with Crippen molar-refractivity contribution in [3.05, 3.63) is 29.3 Å². The summed E-state index contributed by atoms with van der Waals surface area (Å²) < 4.78 is 5.75. The molecule has 0 fully saturated rings. The van der Waals surface area contributed by atoms with Gasteiger partial charge >= 0.3 is 0 Å². The molecule has 17 heavy (non-hydrogen) atoms. The third-order valence-corrected chi connectivity index (χ3v) is 2.90. The van der Waals surface area contributed by atoms with E-state index in [0.717, 1.165) is 12.0 Å². The number of ether oxygens (including phenoxy) is 1. The Kier molecular flexibility index (Phi) is 4.12. The Morgan fingerprint density at radius 2 is 2.06 bits per heavy atom. The van der Waals surface area contributed by atoms with Gasteiger partial charge < -0.3 is 16.2 Å². The fourth-order valence-electron chi connectivity index (χ4n) is 1.25. The van der Waals surface area contributed by atoms with Gasteiger partial charge in [-0.05, 0) is 32.4 Å². The lowest BCUT2D eigenvalue weighted by molar-refractivity contribution is -0.0313. The van der Waals surface area contributed by atoms with E-state index in [0.29, 0.717) is 17.9 Å². The first-order chi connectivity index (χ1) is 7.85. The van der Waals surface area contributed by atoms with Gasteiger partial charge in [0.05, 0.1) is 12.2 Å². The number of benzene rings is 1. The normalized spacial score (nSPS) is 11.5. The summed E-state index contributed by atoms with van der Waals surface area (Å²) in [7, 11) is 0. The van der Waals surface area contributed by atoms with Gasteiger partial charge in [-0.3, -0.25) is 4.79 Å². The zero-order valence-corrected chi connectivity index (χ0v) is 10.6. The predicted octanol–water partition coefficient (Wildman–Crippen LogP) is 2.07. The van der Waals surface area contributed by atoms with Gasteiger partial charge in [-0.1, -0.05) is 13.0 Å². The second-order valence-corrected chi connectivity index (χ2v) is 4.68. The van der Waals surface area contributed by atoms with Crippen LogP contribution in [0.5, 0.6) is 0 Å². The quantitative estimate of drug-likeness (QED) is 0.768. The molecule has 0 radical (unpaired) electrons. The van der Waals surface area contributed by atoms with E-state index < -0.39 is 5.91 Å². The van der Waals surface area contributed by atoms with E-state index in [2.05, 4.69) is 6.92 Å². The molecule has 0 heterocycles. The largest absolute Gasteiger partial charge is 0.398 e. The Balaban J connectivity index is 2.77. The van der Waals surface area contributed by atoms with E-state index in [-0.39, 0.29) is 5.60 Å². The summed E-state index contributed by atoms with van der Waals surface area (Å²) >= 11 is 0. The summed E-state index contributed by atoms with van der Waals surface area (Å²) in [4.78, 5) is 11.0. The molecule has 0 spiro atoms. The fraction of sp³-hybridized carbons (Fsp3) is 0.462. The molecule has 0 aromatic heterocycles. The molecule has 4 N–H and O–H groups in total. The lowest BCUT2D eigenvalue weighted by Gasteiger charge is -2.24. The van der Waals surface area contributed by atoms with Gasteiger partial charge in [-0.15, -0.1) is 0 Å². The van der Waals surface area contributed by atoms with E-state index in [9.17, 15) is 4.79 Å².